The Bertz CT molecular complexity index is 928. The number of amides is 3. The van der Waals surface area contributed by atoms with Crippen LogP contribution in [-0.4, -0.2) is 43.6 Å². The van der Waals surface area contributed by atoms with E-state index in [2.05, 4.69) is 10.6 Å². The Morgan fingerprint density at radius 1 is 0.931 bits per heavy atom. The molecular weight excluding hydrogens is 380 g/mol. The highest BCUT2D eigenvalue weighted by molar-refractivity contribution is 5.98. The molecule has 2 aromatic carbocycles. The predicted octanol–water partition coefficient (Wildman–Crippen LogP) is 0.574. The second-order valence-electron chi connectivity index (χ2n) is 6.05. The molecule has 9 nitrogen and oxygen atoms in total. The summed E-state index contributed by atoms with van der Waals surface area (Å²) >= 11 is 0. The summed E-state index contributed by atoms with van der Waals surface area (Å²) in [6.45, 7) is -0.972. The van der Waals surface area contributed by atoms with Crippen LogP contribution in [-0.2, 0) is 25.5 Å². The van der Waals surface area contributed by atoms with Gasteiger partial charge in [0, 0.05) is 5.56 Å². The number of benzene rings is 2. The third-order valence-electron chi connectivity index (χ3n) is 3.88. The van der Waals surface area contributed by atoms with Gasteiger partial charge in [0.05, 0.1) is 6.42 Å². The fourth-order valence-electron chi connectivity index (χ4n) is 2.51. The topological polar surface area (TPSA) is 120 Å². The SMILES string of the molecule is O=C(COC(=O)CNC(=O)c1ccc2c(c1)OCO2)NC(=O)Cc1ccccc1. The van der Waals surface area contributed by atoms with Crippen LogP contribution in [0, 0.1) is 0 Å². The first-order chi connectivity index (χ1) is 14.0. The van der Waals surface area contributed by atoms with Gasteiger partial charge in [0.2, 0.25) is 12.7 Å². The maximum absolute atomic E-state index is 12.1. The molecule has 0 aliphatic carbocycles. The van der Waals surface area contributed by atoms with Crippen LogP contribution in [0.3, 0.4) is 0 Å². The molecule has 150 valence electrons. The smallest absolute Gasteiger partial charge is 0.325 e. The average Bonchev–Trinajstić information content (AvgIpc) is 3.19. The summed E-state index contributed by atoms with van der Waals surface area (Å²) in [7, 11) is 0. The Hall–Kier alpha value is -3.88. The molecule has 3 amide bonds. The van der Waals surface area contributed by atoms with E-state index in [1.165, 1.54) is 12.1 Å². The molecule has 3 rings (SSSR count). The van der Waals surface area contributed by atoms with Crippen molar-refractivity contribution in [1.82, 2.24) is 10.6 Å². The molecule has 0 atom stereocenters. The van der Waals surface area contributed by atoms with Crippen LogP contribution in [0.5, 0.6) is 11.5 Å². The summed E-state index contributed by atoms with van der Waals surface area (Å²) in [6, 6.07) is 13.5. The van der Waals surface area contributed by atoms with E-state index in [0.717, 1.165) is 5.56 Å². The maximum atomic E-state index is 12.1. The monoisotopic (exact) mass is 398 g/mol. The lowest BCUT2D eigenvalue weighted by Crippen LogP contribution is -2.37. The van der Waals surface area contributed by atoms with Crippen molar-refractivity contribution in [3.05, 3.63) is 59.7 Å². The minimum absolute atomic E-state index is 0.0338. The summed E-state index contributed by atoms with van der Waals surface area (Å²) < 4.78 is 15.1. The number of rotatable bonds is 7. The van der Waals surface area contributed by atoms with E-state index in [0.29, 0.717) is 11.5 Å². The fraction of sp³-hybridized carbons (Fsp3) is 0.200. The molecule has 1 aliphatic rings. The van der Waals surface area contributed by atoms with Gasteiger partial charge in [-0.05, 0) is 23.8 Å². The molecular formula is C20H18N2O7. The summed E-state index contributed by atoms with van der Waals surface area (Å²) in [5.41, 5.74) is 1.03. The van der Waals surface area contributed by atoms with Crippen LogP contribution >= 0.6 is 0 Å². The molecule has 0 bridgehead atoms. The van der Waals surface area contributed by atoms with Gasteiger partial charge in [-0.15, -0.1) is 0 Å². The number of ether oxygens (including phenoxy) is 3. The average molecular weight is 398 g/mol. The summed E-state index contributed by atoms with van der Waals surface area (Å²) in [4.78, 5) is 47.2. The molecule has 0 fully saturated rings. The van der Waals surface area contributed by atoms with E-state index in [4.69, 9.17) is 14.2 Å². The fourth-order valence-corrected chi connectivity index (χ4v) is 2.51. The van der Waals surface area contributed by atoms with E-state index in [1.807, 2.05) is 6.07 Å². The summed E-state index contributed by atoms with van der Waals surface area (Å²) in [5.74, 6) is -1.60. The molecule has 0 radical (unpaired) electrons. The molecule has 0 unspecified atom stereocenters. The molecule has 0 aromatic heterocycles. The van der Waals surface area contributed by atoms with Crippen molar-refractivity contribution in [2.45, 2.75) is 6.42 Å². The molecule has 29 heavy (non-hydrogen) atoms. The third kappa shape index (κ3) is 5.80. The number of carbonyl (C=O) groups is 4. The molecule has 2 N–H and O–H groups in total. The number of esters is 1. The van der Waals surface area contributed by atoms with Gasteiger partial charge in [-0.2, -0.15) is 0 Å². The van der Waals surface area contributed by atoms with Crippen molar-refractivity contribution in [2.24, 2.45) is 0 Å². The van der Waals surface area contributed by atoms with Gasteiger partial charge < -0.3 is 19.5 Å². The molecule has 1 heterocycles. The van der Waals surface area contributed by atoms with Crippen molar-refractivity contribution in [2.75, 3.05) is 19.9 Å². The summed E-state index contributed by atoms with van der Waals surface area (Å²) in [6.07, 6.45) is 0.0338. The van der Waals surface area contributed by atoms with Crippen LogP contribution in [0.4, 0.5) is 0 Å². The second kappa shape index (κ2) is 9.36. The lowest BCUT2D eigenvalue weighted by atomic mass is 10.1. The molecule has 0 saturated carbocycles. The van der Waals surface area contributed by atoms with Crippen molar-refractivity contribution in [1.29, 1.82) is 0 Å². The van der Waals surface area contributed by atoms with Crippen molar-refractivity contribution >= 4 is 23.7 Å². The Morgan fingerprint density at radius 2 is 1.69 bits per heavy atom. The van der Waals surface area contributed by atoms with Crippen LogP contribution < -0.4 is 20.1 Å². The van der Waals surface area contributed by atoms with E-state index in [9.17, 15) is 19.2 Å². The second-order valence-corrected chi connectivity index (χ2v) is 6.05. The van der Waals surface area contributed by atoms with E-state index < -0.39 is 36.8 Å². The highest BCUT2D eigenvalue weighted by atomic mass is 16.7. The summed E-state index contributed by atoms with van der Waals surface area (Å²) in [5, 5.41) is 4.51. The normalized spacial score (nSPS) is 11.4. The zero-order valence-corrected chi connectivity index (χ0v) is 15.3. The maximum Gasteiger partial charge on any atom is 0.325 e. The van der Waals surface area contributed by atoms with Gasteiger partial charge in [-0.25, -0.2) is 0 Å². The molecule has 0 saturated heterocycles. The lowest BCUT2D eigenvalue weighted by Gasteiger charge is -2.07. The number of hydrogen-bond acceptors (Lipinski definition) is 7. The number of fused-ring (bicyclic) bond motifs is 1. The molecule has 2 aromatic rings. The molecule has 0 spiro atoms. The standard InChI is InChI=1S/C20H18N2O7/c23-17(8-13-4-2-1-3-5-13)22-18(24)11-27-19(25)10-21-20(26)14-6-7-15-16(9-14)29-12-28-15/h1-7,9H,8,10-12H2,(H,21,26)(H,22,23,24). The first-order valence-corrected chi connectivity index (χ1v) is 8.71. The Labute approximate surface area is 165 Å². The Balaban J connectivity index is 1.36. The first-order valence-electron chi connectivity index (χ1n) is 8.71. The molecule has 9 heteroatoms. The Morgan fingerprint density at radius 3 is 2.48 bits per heavy atom. The van der Waals surface area contributed by atoms with Gasteiger partial charge in [-0.1, -0.05) is 30.3 Å². The number of hydrogen-bond donors (Lipinski definition) is 2. The van der Waals surface area contributed by atoms with Gasteiger partial charge in [0.25, 0.3) is 11.8 Å². The predicted molar refractivity (Wildman–Crippen MR) is 99.2 cm³/mol. The van der Waals surface area contributed by atoms with Crippen molar-refractivity contribution in [3.63, 3.8) is 0 Å². The van der Waals surface area contributed by atoms with Gasteiger partial charge >= 0.3 is 5.97 Å². The first kappa shape index (κ1) is 19.9. The van der Waals surface area contributed by atoms with Crippen LogP contribution in [0.1, 0.15) is 15.9 Å². The quantitative estimate of drug-likeness (QED) is 0.655. The lowest BCUT2D eigenvalue weighted by molar-refractivity contribution is -0.148. The number of imide groups is 1. The minimum Gasteiger partial charge on any atom is -0.454 e. The highest BCUT2D eigenvalue weighted by Gasteiger charge is 2.17. The van der Waals surface area contributed by atoms with Gasteiger partial charge in [0.1, 0.15) is 6.54 Å². The van der Waals surface area contributed by atoms with Crippen molar-refractivity contribution in [3.8, 4) is 11.5 Å². The highest BCUT2D eigenvalue weighted by Crippen LogP contribution is 2.32. The molecule has 1 aliphatic heterocycles. The van der Waals surface area contributed by atoms with Crippen LogP contribution in [0.15, 0.2) is 48.5 Å². The Kier molecular flexibility index (Phi) is 6.41. The van der Waals surface area contributed by atoms with Gasteiger partial charge in [0.15, 0.2) is 18.1 Å². The largest absolute Gasteiger partial charge is 0.454 e. The van der Waals surface area contributed by atoms with Gasteiger partial charge in [-0.3, -0.25) is 24.5 Å². The van der Waals surface area contributed by atoms with E-state index in [1.54, 1.807) is 30.3 Å². The zero-order valence-electron chi connectivity index (χ0n) is 15.3. The zero-order chi connectivity index (χ0) is 20.6. The van der Waals surface area contributed by atoms with Crippen LogP contribution in [0.2, 0.25) is 0 Å². The third-order valence-corrected chi connectivity index (χ3v) is 3.88. The minimum atomic E-state index is -0.815. The van der Waals surface area contributed by atoms with Crippen LogP contribution in [0.25, 0.3) is 0 Å². The van der Waals surface area contributed by atoms with Crippen molar-refractivity contribution < 1.29 is 33.4 Å². The number of nitrogens with one attached hydrogen (secondary N) is 2. The number of carbonyl (C=O) groups excluding carboxylic acids is 4. The van der Waals surface area contributed by atoms with E-state index >= 15 is 0 Å². The van der Waals surface area contributed by atoms with E-state index in [-0.39, 0.29) is 18.8 Å².